The summed E-state index contributed by atoms with van der Waals surface area (Å²) in [5.74, 6) is 1.94. The van der Waals surface area contributed by atoms with Crippen molar-refractivity contribution in [1.29, 1.82) is 0 Å². The molecule has 134 valence electrons. The van der Waals surface area contributed by atoms with Crippen LogP contribution in [0.15, 0.2) is 57.6 Å². The summed E-state index contributed by atoms with van der Waals surface area (Å²) in [6.45, 7) is 2.21. The van der Waals surface area contributed by atoms with Crippen LogP contribution in [0.4, 0.5) is 5.95 Å². The molecule has 0 spiro atoms. The van der Waals surface area contributed by atoms with Crippen LogP contribution in [0, 0.1) is 0 Å². The minimum absolute atomic E-state index is 0.222. The van der Waals surface area contributed by atoms with Gasteiger partial charge in [-0.15, -0.1) is 0 Å². The molecule has 0 saturated carbocycles. The van der Waals surface area contributed by atoms with Crippen LogP contribution in [0.2, 0.25) is 0 Å². The summed E-state index contributed by atoms with van der Waals surface area (Å²) in [6.07, 6.45) is 7.93. The standard InChI is InChI=1S/C20H23N5O/c1-2-3-4-8-14(13-15-9-7-12-26-15)18-23-19(21)24-20-22-16-10-5-6-11-17(16)25(18)20/h5-7,9-13,18H,2-4,8H2,1H3,(H3,21,22,23,24)/b14-13+. The number of furan rings is 1. The van der Waals surface area contributed by atoms with E-state index in [2.05, 4.69) is 33.9 Å². The predicted octanol–water partition coefficient (Wildman–Crippen LogP) is 4.53. The maximum atomic E-state index is 6.06. The third-order valence-electron chi connectivity index (χ3n) is 4.61. The van der Waals surface area contributed by atoms with E-state index in [1.165, 1.54) is 18.4 Å². The van der Waals surface area contributed by atoms with Crippen molar-refractivity contribution >= 4 is 29.0 Å². The van der Waals surface area contributed by atoms with Crippen molar-refractivity contribution in [3.8, 4) is 0 Å². The van der Waals surface area contributed by atoms with E-state index >= 15 is 0 Å². The highest BCUT2D eigenvalue weighted by atomic mass is 16.3. The Morgan fingerprint density at radius 2 is 2.15 bits per heavy atom. The van der Waals surface area contributed by atoms with E-state index in [1.807, 2.05) is 30.3 Å². The molecule has 1 atom stereocenters. The number of hydrogen-bond acceptors (Lipinski definition) is 5. The van der Waals surface area contributed by atoms with Gasteiger partial charge in [-0.05, 0) is 48.8 Å². The van der Waals surface area contributed by atoms with Crippen LogP contribution in [0.1, 0.15) is 44.5 Å². The minimum atomic E-state index is -0.222. The lowest BCUT2D eigenvalue weighted by Crippen LogP contribution is -2.31. The summed E-state index contributed by atoms with van der Waals surface area (Å²) in [5, 5.41) is 3.09. The van der Waals surface area contributed by atoms with E-state index in [0.717, 1.165) is 35.6 Å². The van der Waals surface area contributed by atoms with E-state index in [4.69, 9.17) is 15.1 Å². The molecule has 1 aromatic carbocycles. The van der Waals surface area contributed by atoms with Crippen LogP contribution < -0.4 is 11.1 Å². The average Bonchev–Trinajstić information content (AvgIpc) is 3.27. The summed E-state index contributed by atoms with van der Waals surface area (Å²) < 4.78 is 7.67. The molecule has 1 aliphatic heterocycles. The quantitative estimate of drug-likeness (QED) is 0.641. The van der Waals surface area contributed by atoms with Crippen molar-refractivity contribution in [2.75, 3.05) is 5.32 Å². The summed E-state index contributed by atoms with van der Waals surface area (Å²) in [6, 6.07) is 11.9. The Kier molecular flexibility index (Phi) is 4.48. The third kappa shape index (κ3) is 3.10. The van der Waals surface area contributed by atoms with Crippen molar-refractivity contribution in [2.45, 2.75) is 38.8 Å². The normalized spacial score (nSPS) is 17.0. The number of nitrogens with one attached hydrogen (secondary N) is 1. The Hall–Kier alpha value is -3.02. The number of benzene rings is 1. The number of para-hydroxylation sites is 2. The molecular formula is C20H23N5O. The highest BCUT2D eigenvalue weighted by molar-refractivity contribution is 5.94. The molecule has 0 fully saturated rings. The lowest BCUT2D eigenvalue weighted by Gasteiger charge is -2.25. The van der Waals surface area contributed by atoms with Crippen LogP contribution in [0.3, 0.4) is 0 Å². The highest BCUT2D eigenvalue weighted by Crippen LogP contribution is 2.35. The van der Waals surface area contributed by atoms with E-state index < -0.39 is 0 Å². The molecule has 6 heteroatoms. The summed E-state index contributed by atoms with van der Waals surface area (Å²) >= 11 is 0. The first kappa shape index (κ1) is 16.4. The molecule has 6 nitrogen and oxygen atoms in total. The van der Waals surface area contributed by atoms with Gasteiger partial charge in [0.1, 0.15) is 5.76 Å². The first-order valence-electron chi connectivity index (χ1n) is 9.07. The number of anilines is 1. The fourth-order valence-corrected chi connectivity index (χ4v) is 3.38. The second-order valence-electron chi connectivity index (χ2n) is 6.50. The highest BCUT2D eigenvalue weighted by Gasteiger charge is 2.26. The Morgan fingerprint density at radius 1 is 1.27 bits per heavy atom. The van der Waals surface area contributed by atoms with E-state index in [1.54, 1.807) is 6.26 Å². The number of guanidine groups is 1. The molecule has 2 aromatic heterocycles. The van der Waals surface area contributed by atoms with Crippen molar-refractivity contribution in [1.82, 2.24) is 9.55 Å². The van der Waals surface area contributed by atoms with Crippen molar-refractivity contribution in [3.63, 3.8) is 0 Å². The molecule has 0 radical (unpaired) electrons. The Labute approximate surface area is 152 Å². The van der Waals surface area contributed by atoms with Crippen LogP contribution >= 0.6 is 0 Å². The second-order valence-corrected chi connectivity index (χ2v) is 6.50. The molecule has 26 heavy (non-hydrogen) atoms. The number of aromatic nitrogens is 2. The number of fused-ring (bicyclic) bond motifs is 3. The molecule has 0 saturated heterocycles. The van der Waals surface area contributed by atoms with Crippen LogP contribution in [0.25, 0.3) is 17.1 Å². The van der Waals surface area contributed by atoms with E-state index in [-0.39, 0.29) is 6.17 Å². The fraction of sp³-hybridized carbons (Fsp3) is 0.300. The smallest absolute Gasteiger partial charge is 0.212 e. The van der Waals surface area contributed by atoms with E-state index in [9.17, 15) is 0 Å². The van der Waals surface area contributed by atoms with Gasteiger partial charge in [-0.2, -0.15) is 0 Å². The zero-order valence-electron chi connectivity index (χ0n) is 14.9. The van der Waals surface area contributed by atoms with Crippen molar-refractivity contribution < 1.29 is 4.42 Å². The number of imidazole rings is 1. The van der Waals surface area contributed by atoms with Gasteiger partial charge in [0.2, 0.25) is 5.95 Å². The van der Waals surface area contributed by atoms with Gasteiger partial charge < -0.3 is 10.2 Å². The van der Waals surface area contributed by atoms with Gasteiger partial charge in [0.05, 0.1) is 17.3 Å². The van der Waals surface area contributed by atoms with Gasteiger partial charge in [0, 0.05) is 0 Å². The number of nitrogens with two attached hydrogens (primary N) is 1. The van der Waals surface area contributed by atoms with Crippen LogP contribution in [0.5, 0.6) is 0 Å². The Morgan fingerprint density at radius 3 is 2.96 bits per heavy atom. The van der Waals surface area contributed by atoms with Gasteiger partial charge >= 0.3 is 0 Å². The minimum Gasteiger partial charge on any atom is -0.465 e. The summed E-state index contributed by atoms with van der Waals surface area (Å²) in [7, 11) is 0. The molecule has 0 aliphatic carbocycles. The van der Waals surface area contributed by atoms with E-state index in [0.29, 0.717) is 5.96 Å². The number of rotatable bonds is 6. The summed E-state index contributed by atoms with van der Waals surface area (Å²) in [5.41, 5.74) is 9.20. The number of hydrogen-bond donors (Lipinski definition) is 2. The topological polar surface area (TPSA) is 81.4 Å². The maximum Gasteiger partial charge on any atom is 0.212 e. The molecule has 3 aromatic rings. The molecule has 1 unspecified atom stereocenters. The van der Waals surface area contributed by atoms with Crippen molar-refractivity contribution in [3.05, 3.63) is 54.0 Å². The first-order chi connectivity index (χ1) is 12.8. The van der Waals surface area contributed by atoms with Crippen LogP contribution in [-0.2, 0) is 0 Å². The van der Waals surface area contributed by atoms with Gasteiger partial charge in [0.25, 0.3) is 0 Å². The zero-order valence-corrected chi connectivity index (χ0v) is 14.9. The van der Waals surface area contributed by atoms with Crippen LogP contribution in [-0.4, -0.2) is 15.5 Å². The SMILES string of the molecule is CCCCC/C(=C\c1ccco1)C1N=C(N)Nc2nc3ccccc3n21. The number of unbranched alkanes of at least 4 members (excludes halogenated alkanes) is 2. The maximum absolute atomic E-state index is 6.06. The first-order valence-corrected chi connectivity index (χ1v) is 9.07. The lowest BCUT2D eigenvalue weighted by molar-refractivity contribution is 0.547. The lowest BCUT2D eigenvalue weighted by atomic mass is 10.0. The van der Waals surface area contributed by atoms with Gasteiger partial charge in [0.15, 0.2) is 12.1 Å². The molecule has 4 rings (SSSR count). The molecule has 1 aliphatic rings. The van der Waals surface area contributed by atoms with Gasteiger partial charge in [-0.1, -0.05) is 31.9 Å². The molecule has 3 heterocycles. The predicted molar refractivity (Wildman–Crippen MR) is 105 cm³/mol. The summed E-state index contributed by atoms with van der Waals surface area (Å²) in [4.78, 5) is 9.37. The molecule has 0 amide bonds. The molecule has 0 bridgehead atoms. The fourth-order valence-electron chi connectivity index (χ4n) is 3.38. The molecular weight excluding hydrogens is 326 g/mol. The third-order valence-corrected chi connectivity index (χ3v) is 4.61. The van der Waals surface area contributed by atoms with Gasteiger partial charge in [-0.3, -0.25) is 9.88 Å². The monoisotopic (exact) mass is 349 g/mol. The molecule has 3 N–H and O–H groups in total. The number of aliphatic imine (C=N–C) groups is 1. The Balaban J connectivity index is 1.80. The average molecular weight is 349 g/mol. The number of nitrogens with zero attached hydrogens (tertiary/aromatic N) is 3. The van der Waals surface area contributed by atoms with Gasteiger partial charge in [-0.25, -0.2) is 9.98 Å². The zero-order chi connectivity index (χ0) is 17.9. The van der Waals surface area contributed by atoms with Crippen molar-refractivity contribution in [2.24, 2.45) is 10.7 Å². The second kappa shape index (κ2) is 7.07. The largest absolute Gasteiger partial charge is 0.465 e. The Bertz CT molecular complexity index is 952.